The summed E-state index contributed by atoms with van der Waals surface area (Å²) in [5.41, 5.74) is 4.96. The number of aromatic nitrogens is 1. The van der Waals surface area contributed by atoms with E-state index in [-0.39, 0.29) is 12.6 Å². The Bertz CT molecular complexity index is 891. The lowest BCUT2D eigenvalue weighted by molar-refractivity contribution is 0.169. The molecule has 3 aromatic rings. The fourth-order valence-electron chi connectivity index (χ4n) is 3.45. The second-order valence-electron chi connectivity index (χ2n) is 6.34. The molecule has 2 heterocycles. The maximum absolute atomic E-state index is 9.91. The topological polar surface area (TPSA) is 39.3 Å². The number of aromatic amines is 1. The standard InChI is InChI=1S/C20H20N2OS2/c23-12-15-10-17-16-8-4-5-9-18(16)21-19(17)11-22(15)20(24)25-13-14-6-2-1-3-7-14/h1-9,15,21,23H,10-13H2/t15-/m1/s1. The molecule has 0 amide bonds. The molecule has 0 bridgehead atoms. The van der Waals surface area contributed by atoms with E-state index in [0.717, 1.165) is 28.6 Å². The Morgan fingerprint density at radius 3 is 2.72 bits per heavy atom. The average Bonchev–Trinajstić information content (AvgIpc) is 3.03. The molecule has 4 rings (SSSR count). The summed E-state index contributed by atoms with van der Waals surface area (Å²) in [5, 5.41) is 11.2. The predicted molar refractivity (Wildman–Crippen MR) is 109 cm³/mol. The number of rotatable bonds is 3. The van der Waals surface area contributed by atoms with Crippen molar-refractivity contribution in [3.63, 3.8) is 0 Å². The molecule has 1 aromatic heterocycles. The van der Waals surface area contributed by atoms with Crippen LogP contribution in [0.25, 0.3) is 10.9 Å². The van der Waals surface area contributed by atoms with Crippen LogP contribution in [0, 0.1) is 0 Å². The highest BCUT2D eigenvalue weighted by atomic mass is 32.2. The lowest BCUT2D eigenvalue weighted by atomic mass is 9.98. The first-order chi connectivity index (χ1) is 12.3. The minimum absolute atomic E-state index is 0.0440. The molecular weight excluding hydrogens is 348 g/mol. The zero-order chi connectivity index (χ0) is 17.2. The van der Waals surface area contributed by atoms with Gasteiger partial charge in [0.2, 0.25) is 0 Å². The summed E-state index contributed by atoms with van der Waals surface area (Å²) in [6, 6.07) is 18.8. The van der Waals surface area contributed by atoms with E-state index >= 15 is 0 Å². The van der Waals surface area contributed by atoms with Crippen molar-refractivity contribution >= 4 is 39.2 Å². The van der Waals surface area contributed by atoms with Crippen LogP contribution in [0.15, 0.2) is 54.6 Å². The van der Waals surface area contributed by atoms with E-state index < -0.39 is 0 Å². The van der Waals surface area contributed by atoms with E-state index in [1.807, 2.05) is 24.3 Å². The number of nitrogens with one attached hydrogen (secondary N) is 1. The molecule has 1 aliphatic heterocycles. The van der Waals surface area contributed by atoms with Gasteiger partial charge in [-0.25, -0.2) is 0 Å². The summed E-state index contributed by atoms with van der Waals surface area (Å²) < 4.78 is 0.854. The molecular formula is C20H20N2OS2. The summed E-state index contributed by atoms with van der Waals surface area (Å²) in [5.74, 6) is 0.855. The minimum Gasteiger partial charge on any atom is -0.394 e. The normalized spacial score (nSPS) is 16.8. The zero-order valence-corrected chi connectivity index (χ0v) is 15.4. The maximum Gasteiger partial charge on any atom is 0.137 e. The molecule has 0 fully saturated rings. The first-order valence-corrected chi connectivity index (χ1v) is 9.82. The Balaban J connectivity index is 1.54. The number of benzene rings is 2. The Morgan fingerprint density at radius 1 is 1.16 bits per heavy atom. The molecule has 2 aromatic carbocycles. The van der Waals surface area contributed by atoms with E-state index in [1.165, 1.54) is 22.2 Å². The van der Waals surface area contributed by atoms with E-state index in [0.29, 0.717) is 0 Å². The Morgan fingerprint density at radius 2 is 1.92 bits per heavy atom. The van der Waals surface area contributed by atoms with Gasteiger partial charge in [0, 0.05) is 22.3 Å². The van der Waals surface area contributed by atoms with Crippen LogP contribution < -0.4 is 0 Å². The smallest absolute Gasteiger partial charge is 0.137 e. The third-order valence-corrected chi connectivity index (χ3v) is 6.31. The van der Waals surface area contributed by atoms with Crippen molar-refractivity contribution in [1.82, 2.24) is 9.88 Å². The van der Waals surface area contributed by atoms with Gasteiger partial charge in [-0.1, -0.05) is 72.5 Å². The van der Waals surface area contributed by atoms with Gasteiger partial charge in [-0.05, 0) is 23.6 Å². The van der Waals surface area contributed by atoms with Gasteiger partial charge in [-0.15, -0.1) is 0 Å². The number of nitrogens with zero attached hydrogens (tertiary/aromatic N) is 1. The van der Waals surface area contributed by atoms with Gasteiger partial charge in [0.15, 0.2) is 0 Å². The number of hydrogen-bond acceptors (Lipinski definition) is 3. The highest BCUT2D eigenvalue weighted by molar-refractivity contribution is 8.22. The molecule has 1 aliphatic rings. The van der Waals surface area contributed by atoms with Crippen molar-refractivity contribution in [2.75, 3.05) is 6.61 Å². The summed E-state index contributed by atoms with van der Waals surface area (Å²) >= 11 is 7.36. The third-order valence-electron chi connectivity index (χ3n) is 4.76. The summed E-state index contributed by atoms with van der Waals surface area (Å²) in [7, 11) is 0. The molecule has 0 spiro atoms. The Labute approximate surface area is 157 Å². The number of fused-ring (bicyclic) bond motifs is 3. The van der Waals surface area contributed by atoms with E-state index in [1.54, 1.807) is 11.8 Å². The molecule has 128 valence electrons. The Kier molecular flexibility index (Phi) is 4.79. The van der Waals surface area contributed by atoms with Crippen LogP contribution >= 0.6 is 24.0 Å². The number of thioether (sulfide) groups is 1. The van der Waals surface area contributed by atoms with Crippen LogP contribution in [0.3, 0.4) is 0 Å². The second kappa shape index (κ2) is 7.20. The number of para-hydroxylation sites is 1. The summed E-state index contributed by atoms with van der Waals surface area (Å²) in [4.78, 5) is 5.69. The monoisotopic (exact) mass is 368 g/mol. The van der Waals surface area contributed by atoms with Crippen LogP contribution in [0.2, 0.25) is 0 Å². The van der Waals surface area contributed by atoms with Crippen molar-refractivity contribution in [3.8, 4) is 0 Å². The molecule has 0 aliphatic carbocycles. The lowest BCUT2D eigenvalue weighted by Crippen LogP contribution is -2.44. The molecule has 3 nitrogen and oxygen atoms in total. The maximum atomic E-state index is 9.91. The molecule has 0 saturated carbocycles. The van der Waals surface area contributed by atoms with E-state index in [2.05, 4.69) is 40.2 Å². The van der Waals surface area contributed by atoms with Crippen molar-refractivity contribution in [3.05, 3.63) is 71.4 Å². The van der Waals surface area contributed by atoms with Crippen LogP contribution in [-0.2, 0) is 18.7 Å². The van der Waals surface area contributed by atoms with Gasteiger partial charge in [0.25, 0.3) is 0 Å². The van der Waals surface area contributed by atoms with Crippen molar-refractivity contribution < 1.29 is 5.11 Å². The first kappa shape index (κ1) is 16.6. The predicted octanol–water partition coefficient (Wildman–Crippen LogP) is 4.11. The van der Waals surface area contributed by atoms with Crippen molar-refractivity contribution in [1.29, 1.82) is 0 Å². The highest BCUT2D eigenvalue weighted by Gasteiger charge is 2.30. The van der Waals surface area contributed by atoms with Crippen LogP contribution in [0.5, 0.6) is 0 Å². The number of thiocarbonyl (C=S) groups is 1. The number of aliphatic hydroxyl groups is 1. The largest absolute Gasteiger partial charge is 0.394 e. The molecule has 25 heavy (non-hydrogen) atoms. The number of aliphatic hydroxyl groups excluding tert-OH is 1. The van der Waals surface area contributed by atoms with Gasteiger partial charge in [-0.3, -0.25) is 0 Å². The lowest BCUT2D eigenvalue weighted by Gasteiger charge is -2.36. The van der Waals surface area contributed by atoms with Crippen LogP contribution in [0.1, 0.15) is 16.8 Å². The number of H-pyrrole nitrogens is 1. The Hall–Kier alpha value is -1.82. The van der Waals surface area contributed by atoms with Gasteiger partial charge >= 0.3 is 0 Å². The van der Waals surface area contributed by atoms with Gasteiger partial charge in [0.1, 0.15) is 4.32 Å². The second-order valence-corrected chi connectivity index (χ2v) is 7.95. The molecule has 0 saturated heterocycles. The highest BCUT2D eigenvalue weighted by Crippen LogP contribution is 2.32. The SMILES string of the molecule is OC[C@H]1Cc2c([nH]c3ccccc23)CN1C(=S)SCc1ccccc1. The minimum atomic E-state index is 0.0440. The third kappa shape index (κ3) is 3.32. The quantitative estimate of drug-likeness (QED) is 0.683. The fourth-order valence-corrected chi connectivity index (χ4v) is 4.70. The van der Waals surface area contributed by atoms with Gasteiger partial charge in [0.05, 0.1) is 19.2 Å². The summed E-state index contributed by atoms with van der Waals surface area (Å²) in [6.45, 7) is 0.848. The van der Waals surface area contributed by atoms with Gasteiger partial charge in [-0.2, -0.15) is 0 Å². The molecule has 0 unspecified atom stereocenters. The van der Waals surface area contributed by atoms with Gasteiger partial charge < -0.3 is 15.0 Å². The van der Waals surface area contributed by atoms with E-state index in [4.69, 9.17) is 12.2 Å². The molecule has 5 heteroatoms. The summed E-state index contributed by atoms with van der Waals surface area (Å²) in [6.07, 6.45) is 0.821. The van der Waals surface area contributed by atoms with Crippen molar-refractivity contribution in [2.24, 2.45) is 0 Å². The zero-order valence-electron chi connectivity index (χ0n) is 13.8. The molecule has 1 atom stereocenters. The molecule has 0 radical (unpaired) electrons. The van der Waals surface area contributed by atoms with E-state index in [9.17, 15) is 5.11 Å². The first-order valence-electron chi connectivity index (χ1n) is 8.43. The van der Waals surface area contributed by atoms with Crippen LogP contribution in [0.4, 0.5) is 0 Å². The average molecular weight is 369 g/mol. The van der Waals surface area contributed by atoms with Crippen LogP contribution in [-0.4, -0.2) is 32.0 Å². The fraction of sp³-hybridized carbons (Fsp3) is 0.250. The molecule has 2 N–H and O–H groups in total. The number of hydrogen-bond donors (Lipinski definition) is 2. The van der Waals surface area contributed by atoms with Crippen molar-refractivity contribution in [2.45, 2.75) is 24.8 Å².